The number of rotatable bonds is 4. The highest BCUT2D eigenvalue weighted by Gasteiger charge is 2.22. The first-order valence-corrected chi connectivity index (χ1v) is 6.66. The third kappa shape index (κ3) is 3.05. The zero-order valence-corrected chi connectivity index (χ0v) is 12.7. The van der Waals surface area contributed by atoms with E-state index < -0.39 is 4.92 Å². The number of hydrogen-bond acceptors (Lipinski definition) is 7. The van der Waals surface area contributed by atoms with Gasteiger partial charge in [0.15, 0.2) is 0 Å². The van der Waals surface area contributed by atoms with Gasteiger partial charge in [0.25, 0.3) is 0 Å². The Morgan fingerprint density at radius 2 is 2.05 bits per heavy atom. The lowest BCUT2D eigenvalue weighted by Gasteiger charge is -2.09. The van der Waals surface area contributed by atoms with Crippen molar-refractivity contribution in [1.82, 2.24) is 9.97 Å². The normalized spacial score (nSPS) is 10.2. The third-order valence-corrected chi connectivity index (χ3v) is 3.45. The van der Waals surface area contributed by atoms with E-state index in [1.165, 1.54) is 6.33 Å². The molecule has 0 fully saturated rings. The van der Waals surface area contributed by atoms with E-state index >= 15 is 0 Å². The number of nitrogen functional groups attached to an aromatic ring is 1. The summed E-state index contributed by atoms with van der Waals surface area (Å²) in [6.45, 7) is 0. The molecule has 4 N–H and O–H groups in total. The molecule has 0 saturated heterocycles. The first kappa shape index (κ1) is 14.7. The van der Waals surface area contributed by atoms with Crippen molar-refractivity contribution >= 4 is 57.2 Å². The van der Waals surface area contributed by atoms with Crippen LogP contribution in [0.25, 0.3) is 0 Å². The van der Waals surface area contributed by atoms with Crippen LogP contribution in [0.5, 0.6) is 0 Å². The predicted octanol–water partition coefficient (Wildman–Crippen LogP) is 2.67. The summed E-state index contributed by atoms with van der Waals surface area (Å²) in [7, 11) is 0. The Morgan fingerprint density at radius 1 is 1.35 bits per heavy atom. The predicted molar refractivity (Wildman–Crippen MR) is 83.9 cm³/mol. The Bertz CT molecular complexity index is 668. The molecular formula is C10H8ClIN6O2. The average Bonchev–Trinajstić information content (AvgIpc) is 2.41. The highest BCUT2D eigenvalue weighted by molar-refractivity contribution is 14.1. The van der Waals surface area contributed by atoms with Gasteiger partial charge in [0.1, 0.15) is 6.33 Å². The topological polar surface area (TPSA) is 119 Å². The Kier molecular flexibility index (Phi) is 4.52. The van der Waals surface area contributed by atoms with Gasteiger partial charge in [-0.25, -0.2) is 15.8 Å². The van der Waals surface area contributed by atoms with Crippen LogP contribution in [0.15, 0.2) is 24.5 Å². The SMILES string of the molecule is NNc1ncnc(Nc2ccc(Cl)cc2I)c1[N+](=O)[O-]. The smallest absolute Gasteiger partial charge is 0.333 e. The van der Waals surface area contributed by atoms with Crippen molar-refractivity contribution < 1.29 is 4.92 Å². The van der Waals surface area contributed by atoms with Crippen molar-refractivity contribution in [2.24, 2.45) is 5.84 Å². The molecule has 1 aromatic heterocycles. The number of benzene rings is 1. The van der Waals surface area contributed by atoms with Gasteiger partial charge in [-0.1, -0.05) is 11.6 Å². The number of halogens is 2. The van der Waals surface area contributed by atoms with Crippen LogP contribution in [0.3, 0.4) is 0 Å². The van der Waals surface area contributed by atoms with Gasteiger partial charge in [-0.15, -0.1) is 0 Å². The number of anilines is 3. The Hall–Kier alpha value is -1.72. The van der Waals surface area contributed by atoms with E-state index in [1.807, 2.05) is 0 Å². The molecule has 20 heavy (non-hydrogen) atoms. The molecule has 2 rings (SSSR count). The van der Waals surface area contributed by atoms with Crippen molar-refractivity contribution in [2.45, 2.75) is 0 Å². The van der Waals surface area contributed by atoms with Crippen LogP contribution >= 0.6 is 34.2 Å². The van der Waals surface area contributed by atoms with Gasteiger partial charge in [-0.3, -0.25) is 10.1 Å². The summed E-state index contributed by atoms with van der Waals surface area (Å²) >= 11 is 7.92. The molecule has 0 unspecified atom stereocenters. The maximum atomic E-state index is 11.1. The zero-order valence-electron chi connectivity index (χ0n) is 9.80. The molecule has 0 spiro atoms. The molecule has 0 bridgehead atoms. The minimum Gasteiger partial charge on any atom is -0.333 e. The van der Waals surface area contributed by atoms with Gasteiger partial charge in [0.2, 0.25) is 11.6 Å². The van der Waals surface area contributed by atoms with Crippen molar-refractivity contribution in [1.29, 1.82) is 0 Å². The average molecular weight is 407 g/mol. The zero-order chi connectivity index (χ0) is 14.7. The van der Waals surface area contributed by atoms with Crippen LogP contribution in [-0.2, 0) is 0 Å². The molecule has 1 aromatic carbocycles. The largest absolute Gasteiger partial charge is 0.354 e. The van der Waals surface area contributed by atoms with Crippen LogP contribution in [0.4, 0.5) is 23.0 Å². The lowest BCUT2D eigenvalue weighted by Crippen LogP contribution is -2.13. The van der Waals surface area contributed by atoms with E-state index in [2.05, 4.69) is 43.3 Å². The van der Waals surface area contributed by atoms with Crippen LogP contribution in [0, 0.1) is 13.7 Å². The van der Waals surface area contributed by atoms with Crippen LogP contribution < -0.4 is 16.6 Å². The number of nitrogens with one attached hydrogen (secondary N) is 2. The van der Waals surface area contributed by atoms with E-state index in [1.54, 1.807) is 18.2 Å². The van der Waals surface area contributed by atoms with Gasteiger partial charge in [-0.05, 0) is 40.8 Å². The number of hydrogen-bond donors (Lipinski definition) is 3. The second kappa shape index (κ2) is 6.15. The Morgan fingerprint density at radius 3 is 2.65 bits per heavy atom. The fourth-order valence-electron chi connectivity index (χ4n) is 1.47. The summed E-state index contributed by atoms with van der Waals surface area (Å²) in [4.78, 5) is 18.1. The summed E-state index contributed by atoms with van der Waals surface area (Å²) in [5.74, 6) is 5.18. The number of nitrogens with two attached hydrogens (primary N) is 1. The molecule has 0 atom stereocenters. The lowest BCUT2D eigenvalue weighted by atomic mass is 10.3. The summed E-state index contributed by atoms with van der Waals surface area (Å²) in [5.41, 5.74) is 2.48. The van der Waals surface area contributed by atoms with Gasteiger partial charge >= 0.3 is 5.69 Å². The molecule has 0 aliphatic rings. The highest BCUT2D eigenvalue weighted by Crippen LogP contribution is 2.32. The van der Waals surface area contributed by atoms with Crippen LogP contribution in [0.1, 0.15) is 0 Å². The summed E-state index contributed by atoms with van der Waals surface area (Å²) < 4.78 is 0.797. The van der Waals surface area contributed by atoms with Gasteiger partial charge < -0.3 is 10.7 Å². The van der Waals surface area contributed by atoms with E-state index in [-0.39, 0.29) is 17.3 Å². The number of nitro groups is 1. The Labute approximate surface area is 132 Å². The Balaban J connectivity index is 2.45. The highest BCUT2D eigenvalue weighted by atomic mass is 127. The standard InChI is InChI=1S/C10H8ClIN6O2/c11-5-1-2-7(6(12)3-5)16-9-8(18(19)20)10(17-13)15-4-14-9/h1-4H,13H2,(H2,14,15,16,17). The van der Waals surface area contributed by atoms with Crippen LogP contribution in [-0.4, -0.2) is 14.9 Å². The van der Waals surface area contributed by atoms with Crippen molar-refractivity contribution in [3.63, 3.8) is 0 Å². The number of nitrogens with zero attached hydrogens (tertiary/aromatic N) is 3. The minimum atomic E-state index is -0.611. The molecule has 0 radical (unpaired) electrons. The molecule has 0 saturated carbocycles. The van der Waals surface area contributed by atoms with Gasteiger partial charge in [0.05, 0.1) is 10.6 Å². The number of hydrazine groups is 1. The summed E-state index contributed by atoms with van der Waals surface area (Å²) in [5, 5.41) is 14.5. The van der Waals surface area contributed by atoms with Crippen molar-refractivity contribution in [3.05, 3.63) is 43.2 Å². The molecule has 0 aliphatic heterocycles. The first-order chi connectivity index (χ1) is 9.52. The molecule has 0 amide bonds. The van der Waals surface area contributed by atoms with Crippen LogP contribution in [0.2, 0.25) is 5.02 Å². The van der Waals surface area contributed by atoms with E-state index in [0.717, 1.165) is 3.57 Å². The van der Waals surface area contributed by atoms with Crippen molar-refractivity contribution in [3.8, 4) is 0 Å². The maximum Gasteiger partial charge on any atom is 0.354 e. The summed E-state index contributed by atoms with van der Waals surface area (Å²) in [6, 6.07) is 5.09. The second-order valence-corrected chi connectivity index (χ2v) is 5.17. The fraction of sp³-hybridized carbons (Fsp3) is 0. The molecule has 10 heteroatoms. The fourth-order valence-corrected chi connectivity index (χ4v) is 2.47. The first-order valence-electron chi connectivity index (χ1n) is 5.21. The minimum absolute atomic E-state index is 0.0400. The molecular weight excluding hydrogens is 399 g/mol. The molecule has 8 nitrogen and oxygen atoms in total. The van der Waals surface area contributed by atoms with E-state index in [0.29, 0.717) is 10.7 Å². The summed E-state index contributed by atoms with van der Waals surface area (Å²) in [6.07, 6.45) is 1.17. The molecule has 2 aromatic rings. The molecule has 1 heterocycles. The third-order valence-electron chi connectivity index (χ3n) is 2.33. The monoisotopic (exact) mass is 406 g/mol. The van der Waals surface area contributed by atoms with Gasteiger partial charge in [0, 0.05) is 8.59 Å². The molecule has 0 aliphatic carbocycles. The maximum absolute atomic E-state index is 11.1. The van der Waals surface area contributed by atoms with E-state index in [9.17, 15) is 10.1 Å². The van der Waals surface area contributed by atoms with E-state index in [4.69, 9.17) is 17.4 Å². The quantitative estimate of drug-likeness (QED) is 0.309. The second-order valence-electron chi connectivity index (χ2n) is 3.57. The molecule has 104 valence electrons. The lowest BCUT2D eigenvalue weighted by molar-refractivity contribution is -0.383. The van der Waals surface area contributed by atoms with Crippen molar-refractivity contribution in [2.75, 3.05) is 10.7 Å². The number of aromatic nitrogens is 2. The van der Waals surface area contributed by atoms with Gasteiger partial charge in [-0.2, -0.15) is 0 Å².